The molecule has 1 aliphatic carbocycles. The third-order valence-electron chi connectivity index (χ3n) is 6.43. The number of halogens is 1. The van der Waals surface area contributed by atoms with Crippen molar-refractivity contribution in [3.05, 3.63) is 33.9 Å². The number of rotatable bonds is 3. The molecule has 0 spiro atoms. The fourth-order valence-corrected chi connectivity index (χ4v) is 6.78. The molecule has 1 saturated heterocycles. The topological polar surface area (TPSA) is 93.1 Å². The molecule has 4 heterocycles. The molecule has 0 saturated carbocycles. The van der Waals surface area contributed by atoms with E-state index in [-0.39, 0.29) is 17.9 Å². The molecule has 2 atom stereocenters. The van der Waals surface area contributed by atoms with Gasteiger partial charge >= 0.3 is 0 Å². The maximum absolute atomic E-state index is 13.2. The second kappa shape index (κ2) is 8.43. The van der Waals surface area contributed by atoms with E-state index in [0.717, 1.165) is 51.2 Å². The predicted molar refractivity (Wildman–Crippen MR) is 131 cm³/mol. The number of carbonyl (C=O) groups is 1. The number of ether oxygens (including phenoxy) is 1. The van der Waals surface area contributed by atoms with Crippen LogP contribution in [0.2, 0.25) is 5.02 Å². The molecular weight excluding hydrogens is 480 g/mol. The Morgan fingerprint density at radius 2 is 2.24 bits per heavy atom. The van der Waals surface area contributed by atoms with Gasteiger partial charge in [0, 0.05) is 17.3 Å². The highest BCUT2D eigenvalue weighted by molar-refractivity contribution is 7.19. The third kappa shape index (κ3) is 3.74. The van der Waals surface area contributed by atoms with Crippen molar-refractivity contribution in [2.45, 2.75) is 32.2 Å². The quantitative estimate of drug-likeness (QED) is 0.444. The number of fused-ring (bicyclic) bond motifs is 4. The Balaban J connectivity index is 1.31. The van der Waals surface area contributed by atoms with Crippen LogP contribution in [0.1, 0.15) is 23.8 Å². The molecule has 33 heavy (non-hydrogen) atoms. The van der Waals surface area contributed by atoms with E-state index in [9.17, 15) is 4.79 Å². The van der Waals surface area contributed by atoms with Crippen LogP contribution < -0.4 is 5.32 Å². The molecular formula is C22H21ClN6O2S2. The number of thiophene rings is 1. The highest BCUT2D eigenvalue weighted by atomic mass is 35.5. The van der Waals surface area contributed by atoms with Gasteiger partial charge in [0.25, 0.3) is 0 Å². The molecule has 0 unspecified atom stereocenters. The predicted octanol–water partition coefficient (Wildman–Crippen LogP) is 4.45. The summed E-state index contributed by atoms with van der Waals surface area (Å²) in [7, 11) is 0. The lowest BCUT2D eigenvalue weighted by Gasteiger charge is -2.36. The largest absolute Gasteiger partial charge is 0.377 e. The van der Waals surface area contributed by atoms with Gasteiger partial charge in [-0.2, -0.15) is 0 Å². The maximum Gasteiger partial charge on any atom is 0.226 e. The smallest absolute Gasteiger partial charge is 0.226 e. The second-order valence-corrected chi connectivity index (χ2v) is 10.8. The zero-order valence-electron chi connectivity index (χ0n) is 17.9. The Hall–Kier alpha value is -2.40. The number of hydrogen-bond acceptors (Lipinski definition) is 9. The first-order chi connectivity index (χ1) is 16.1. The lowest BCUT2D eigenvalue weighted by atomic mass is 9.86. The molecule has 2 aliphatic rings. The molecule has 170 valence electrons. The summed E-state index contributed by atoms with van der Waals surface area (Å²) in [6.07, 6.45) is 3.98. The van der Waals surface area contributed by atoms with Crippen LogP contribution in [0, 0.1) is 5.92 Å². The van der Waals surface area contributed by atoms with E-state index in [4.69, 9.17) is 16.3 Å². The first kappa shape index (κ1) is 21.2. The number of morpholine rings is 1. The normalized spacial score (nSPS) is 20.8. The first-order valence-corrected chi connectivity index (χ1v) is 12.9. The Labute approximate surface area is 203 Å². The van der Waals surface area contributed by atoms with Crippen molar-refractivity contribution >= 4 is 72.3 Å². The van der Waals surface area contributed by atoms with Gasteiger partial charge in [-0.25, -0.2) is 9.97 Å². The molecule has 0 radical (unpaired) electrons. The minimum atomic E-state index is 0.00570. The number of carbonyl (C=O) groups excluding carboxylic acids is 1. The lowest BCUT2D eigenvalue weighted by molar-refractivity contribution is -0.143. The Morgan fingerprint density at radius 1 is 1.33 bits per heavy atom. The molecule has 1 N–H and O–H groups in total. The highest BCUT2D eigenvalue weighted by Crippen LogP contribution is 2.41. The monoisotopic (exact) mass is 500 g/mol. The summed E-state index contributed by atoms with van der Waals surface area (Å²) in [5, 5.41) is 9.09. The Morgan fingerprint density at radius 3 is 3.12 bits per heavy atom. The third-order valence-corrected chi connectivity index (χ3v) is 8.60. The van der Waals surface area contributed by atoms with Crippen LogP contribution >= 0.6 is 34.5 Å². The van der Waals surface area contributed by atoms with Gasteiger partial charge in [0.2, 0.25) is 5.91 Å². The number of hydrogen-bond donors (Lipinski definition) is 1. The van der Waals surface area contributed by atoms with Gasteiger partial charge in [0.15, 0.2) is 0 Å². The zero-order valence-corrected chi connectivity index (χ0v) is 20.3. The Bertz CT molecular complexity index is 1370. The van der Waals surface area contributed by atoms with Crippen LogP contribution in [0.25, 0.3) is 20.4 Å². The molecule has 1 aliphatic heterocycles. The number of benzene rings is 1. The molecule has 3 aromatic heterocycles. The van der Waals surface area contributed by atoms with Crippen LogP contribution in [0.5, 0.6) is 0 Å². The van der Waals surface area contributed by atoms with Crippen LogP contribution in [0.15, 0.2) is 18.5 Å². The number of nitrogens with one attached hydrogen (secondary N) is 1. The van der Waals surface area contributed by atoms with E-state index in [2.05, 4.69) is 31.8 Å². The summed E-state index contributed by atoms with van der Waals surface area (Å²) in [4.78, 5) is 26.4. The molecule has 6 rings (SSSR count). The van der Waals surface area contributed by atoms with E-state index >= 15 is 0 Å². The van der Waals surface area contributed by atoms with Gasteiger partial charge in [-0.15, -0.1) is 16.4 Å². The molecule has 1 fully saturated rings. The number of aryl methyl sites for hydroxylation is 1. The minimum Gasteiger partial charge on any atom is -0.377 e. The van der Waals surface area contributed by atoms with Crippen molar-refractivity contribution in [2.75, 3.05) is 25.1 Å². The molecule has 8 nitrogen and oxygen atoms in total. The molecule has 1 aromatic carbocycles. The highest BCUT2D eigenvalue weighted by Gasteiger charge is 2.34. The maximum atomic E-state index is 13.2. The summed E-state index contributed by atoms with van der Waals surface area (Å²) in [5.74, 6) is 0.991. The molecule has 0 bridgehead atoms. The first-order valence-electron chi connectivity index (χ1n) is 10.9. The fraction of sp³-hybridized carbons (Fsp3) is 0.409. The van der Waals surface area contributed by atoms with Crippen LogP contribution in [-0.4, -0.2) is 56.2 Å². The van der Waals surface area contributed by atoms with Gasteiger partial charge in [0.1, 0.15) is 22.5 Å². The average molecular weight is 501 g/mol. The van der Waals surface area contributed by atoms with Gasteiger partial charge in [0.05, 0.1) is 40.1 Å². The van der Waals surface area contributed by atoms with E-state index in [1.54, 1.807) is 17.7 Å². The fourth-order valence-electron chi connectivity index (χ4n) is 4.73. The van der Waals surface area contributed by atoms with Crippen LogP contribution in [0.4, 0.5) is 11.5 Å². The lowest BCUT2D eigenvalue weighted by Crippen LogP contribution is -2.50. The van der Waals surface area contributed by atoms with Gasteiger partial charge in [-0.1, -0.05) is 16.1 Å². The molecule has 11 heteroatoms. The van der Waals surface area contributed by atoms with Crippen molar-refractivity contribution < 1.29 is 9.53 Å². The van der Waals surface area contributed by atoms with E-state index in [1.807, 2.05) is 17.0 Å². The van der Waals surface area contributed by atoms with Crippen LogP contribution in [0.3, 0.4) is 0 Å². The van der Waals surface area contributed by atoms with Gasteiger partial charge < -0.3 is 15.0 Å². The second-order valence-electron chi connectivity index (χ2n) is 8.50. The summed E-state index contributed by atoms with van der Waals surface area (Å²) in [6, 6.07) is 3.90. The number of aromatic nitrogens is 4. The number of amides is 1. The SMILES string of the molecule is C[C@H]1COCCN1C(=O)[C@H]1CCc2c(sc3ncnc(Nc4cc5snnc5cc4Cl)c23)C1. The van der Waals surface area contributed by atoms with Gasteiger partial charge in [-0.3, -0.25) is 4.79 Å². The van der Waals surface area contributed by atoms with Crippen molar-refractivity contribution in [3.8, 4) is 0 Å². The van der Waals surface area contributed by atoms with E-state index < -0.39 is 0 Å². The van der Waals surface area contributed by atoms with Gasteiger partial charge in [-0.05, 0) is 55.4 Å². The van der Waals surface area contributed by atoms with E-state index in [1.165, 1.54) is 22.0 Å². The van der Waals surface area contributed by atoms with Crippen molar-refractivity contribution in [3.63, 3.8) is 0 Å². The zero-order chi connectivity index (χ0) is 22.5. The summed E-state index contributed by atoms with van der Waals surface area (Å²) in [5.41, 5.74) is 2.79. The molecule has 4 aromatic rings. The molecule has 1 amide bonds. The summed E-state index contributed by atoms with van der Waals surface area (Å²) < 4.78 is 10.5. The summed E-state index contributed by atoms with van der Waals surface area (Å²) >= 11 is 9.49. The van der Waals surface area contributed by atoms with Crippen molar-refractivity contribution in [2.24, 2.45) is 5.92 Å². The van der Waals surface area contributed by atoms with Crippen molar-refractivity contribution in [1.29, 1.82) is 0 Å². The van der Waals surface area contributed by atoms with Crippen molar-refractivity contribution in [1.82, 2.24) is 24.5 Å². The summed E-state index contributed by atoms with van der Waals surface area (Å²) in [6.45, 7) is 3.97. The standard InChI is InChI=1S/C22H21ClN6O2S2/c1-11-9-31-5-4-29(11)22(30)12-2-3-13-17(6-12)32-21-19(13)20(24-10-25-21)26-15-8-18-16(7-14(15)23)27-28-33-18/h7-8,10-12H,2-6,9H2,1H3,(H,24,25,26)/t11-,12-/m0/s1. The Kier molecular flexibility index (Phi) is 5.40. The van der Waals surface area contributed by atoms with E-state index in [0.29, 0.717) is 24.8 Å². The van der Waals surface area contributed by atoms with Crippen LogP contribution in [-0.2, 0) is 22.4 Å². The number of anilines is 2. The number of nitrogens with zero attached hydrogens (tertiary/aromatic N) is 5. The minimum absolute atomic E-state index is 0.00570. The average Bonchev–Trinajstić information content (AvgIpc) is 3.42.